The van der Waals surface area contributed by atoms with E-state index in [1.54, 1.807) is 17.0 Å². The normalized spacial score (nSPS) is 19.0. The van der Waals surface area contributed by atoms with Crippen molar-refractivity contribution in [3.8, 4) is 0 Å². The third-order valence-corrected chi connectivity index (χ3v) is 4.97. The summed E-state index contributed by atoms with van der Waals surface area (Å²) < 4.78 is 0. The minimum Gasteiger partial charge on any atom is -0.481 e. The lowest BCUT2D eigenvalue weighted by Crippen LogP contribution is -2.30. The Morgan fingerprint density at radius 2 is 1.85 bits per heavy atom. The number of aliphatic carboxylic acids is 1. The standard InChI is InChI=1S/C20H20N2O5/c23-19(10-9-14-5-4-8-16(11-14)22(26)27)21-12-17(18(13-21)20(24)25)15-6-2-1-3-7-15/h1-8,11,17-18H,9-10,12-13H2,(H,24,25)/t17-,18-/m1/s1. The number of benzene rings is 2. The van der Waals surface area contributed by atoms with E-state index in [9.17, 15) is 24.8 Å². The van der Waals surface area contributed by atoms with E-state index in [1.165, 1.54) is 12.1 Å². The summed E-state index contributed by atoms with van der Waals surface area (Å²) in [4.78, 5) is 36.2. The van der Waals surface area contributed by atoms with E-state index in [4.69, 9.17) is 0 Å². The van der Waals surface area contributed by atoms with E-state index in [0.29, 0.717) is 18.5 Å². The molecule has 0 aliphatic carbocycles. The second-order valence-corrected chi connectivity index (χ2v) is 6.69. The van der Waals surface area contributed by atoms with E-state index < -0.39 is 16.8 Å². The Labute approximate surface area is 156 Å². The zero-order valence-electron chi connectivity index (χ0n) is 14.7. The lowest BCUT2D eigenvalue weighted by atomic mass is 9.89. The molecule has 140 valence electrons. The summed E-state index contributed by atoms with van der Waals surface area (Å²) in [6, 6.07) is 15.6. The van der Waals surface area contributed by atoms with Gasteiger partial charge in [-0.15, -0.1) is 0 Å². The molecule has 3 rings (SSSR count). The number of rotatable bonds is 6. The minimum atomic E-state index is -0.905. The lowest BCUT2D eigenvalue weighted by Gasteiger charge is -2.16. The van der Waals surface area contributed by atoms with Crippen LogP contribution < -0.4 is 0 Å². The van der Waals surface area contributed by atoms with E-state index in [1.807, 2.05) is 30.3 Å². The van der Waals surface area contributed by atoms with Crippen LogP contribution in [0, 0.1) is 16.0 Å². The van der Waals surface area contributed by atoms with Crippen molar-refractivity contribution in [2.24, 2.45) is 5.92 Å². The molecule has 0 unspecified atom stereocenters. The molecular weight excluding hydrogens is 348 g/mol. The second kappa shape index (κ2) is 7.99. The molecule has 0 saturated carbocycles. The summed E-state index contributed by atoms with van der Waals surface area (Å²) in [5.41, 5.74) is 1.63. The number of likely N-dealkylation sites (tertiary alicyclic amines) is 1. The van der Waals surface area contributed by atoms with Gasteiger partial charge < -0.3 is 10.0 Å². The molecule has 2 aromatic carbocycles. The van der Waals surface area contributed by atoms with E-state index in [-0.39, 0.29) is 30.5 Å². The number of hydrogen-bond acceptors (Lipinski definition) is 4. The first kappa shape index (κ1) is 18.6. The molecule has 27 heavy (non-hydrogen) atoms. The molecule has 0 spiro atoms. The largest absolute Gasteiger partial charge is 0.481 e. The van der Waals surface area contributed by atoms with Crippen LogP contribution in [0.25, 0.3) is 0 Å². The van der Waals surface area contributed by atoms with E-state index >= 15 is 0 Å². The second-order valence-electron chi connectivity index (χ2n) is 6.69. The van der Waals surface area contributed by atoms with Gasteiger partial charge in [0.05, 0.1) is 10.8 Å². The van der Waals surface area contributed by atoms with Gasteiger partial charge in [0.2, 0.25) is 5.91 Å². The predicted molar refractivity (Wildman–Crippen MR) is 98.3 cm³/mol. The van der Waals surface area contributed by atoms with Gasteiger partial charge in [0.25, 0.3) is 5.69 Å². The number of carbonyl (C=O) groups is 2. The summed E-state index contributed by atoms with van der Waals surface area (Å²) in [6.07, 6.45) is 0.569. The van der Waals surface area contributed by atoms with E-state index in [2.05, 4.69) is 0 Å². The van der Waals surface area contributed by atoms with Crippen LogP contribution in [0.3, 0.4) is 0 Å². The number of carboxylic acid groups (broad SMARTS) is 1. The van der Waals surface area contributed by atoms with Gasteiger partial charge in [0.15, 0.2) is 0 Å². The van der Waals surface area contributed by atoms with Crippen molar-refractivity contribution in [3.05, 3.63) is 75.8 Å². The Kier molecular flexibility index (Phi) is 5.49. The third kappa shape index (κ3) is 4.31. The van der Waals surface area contributed by atoms with Crippen LogP contribution in [0.2, 0.25) is 0 Å². The van der Waals surface area contributed by atoms with Gasteiger partial charge >= 0.3 is 5.97 Å². The average Bonchev–Trinajstić information content (AvgIpc) is 3.13. The van der Waals surface area contributed by atoms with Gasteiger partial charge in [-0.2, -0.15) is 0 Å². The highest BCUT2D eigenvalue weighted by atomic mass is 16.6. The number of nitrogens with zero attached hydrogens (tertiary/aromatic N) is 2. The number of hydrogen-bond donors (Lipinski definition) is 1. The van der Waals surface area contributed by atoms with Crippen LogP contribution in [0.15, 0.2) is 54.6 Å². The summed E-state index contributed by atoms with van der Waals surface area (Å²) in [7, 11) is 0. The molecule has 0 aromatic heterocycles. The Bertz CT molecular complexity index is 852. The summed E-state index contributed by atoms with van der Waals surface area (Å²) >= 11 is 0. The number of amides is 1. The van der Waals surface area contributed by atoms with Gasteiger partial charge in [-0.1, -0.05) is 42.5 Å². The fraction of sp³-hybridized carbons (Fsp3) is 0.300. The van der Waals surface area contributed by atoms with Crippen LogP contribution in [-0.2, 0) is 16.0 Å². The van der Waals surface area contributed by atoms with Crippen molar-refractivity contribution in [2.75, 3.05) is 13.1 Å². The zero-order chi connectivity index (χ0) is 19.4. The number of nitro benzene ring substituents is 1. The van der Waals surface area contributed by atoms with Crippen LogP contribution in [0.4, 0.5) is 5.69 Å². The molecule has 7 heteroatoms. The topological polar surface area (TPSA) is 101 Å². The molecule has 0 bridgehead atoms. The quantitative estimate of drug-likeness (QED) is 0.624. The maximum Gasteiger partial charge on any atom is 0.308 e. The summed E-state index contributed by atoms with van der Waals surface area (Å²) in [6.45, 7) is 0.553. The van der Waals surface area contributed by atoms with Gasteiger partial charge in [-0.3, -0.25) is 19.7 Å². The predicted octanol–water partition coefficient (Wildman–Crippen LogP) is 2.85. The maximum absolute atomic E-state index is 12.6. The molecule has 1 amide bonds. The number of aryl methyl sites for hydroxylation is 1. The first-order valence-corrected chi connectivity index (χ1v) is 8.74. The summed E-state index contributed by atoms with van der Waals surface area (Å²) in [5.74, 6) is -1.90. The highest BCUT2D eigenvalue weighted by Gasteiger charge is 2.40. The lowest BCUT2D eigenvalue weighted by molar-refractivity contribution is -0.384. The number of carboxylic acids is 1. The number of nitro groups is 1. The average molecular weight is 368 g/mol. The van der Waals surface area contributed by atoms with Gasteiger partial charge in [0, 0.05) is 37.6 Å². The Morgan fingerprint density at radius 1 is 1.11 bits per heavy atom. The highest BCUT2D eigenvalue weighted by Crippen LogP contribution is 2.33. The van der Waals surface area contributed by atoms with Crippen LogP contribution in [-0.4, -0.2) is 39.9 Å². The molecule has 1 fully saturated rings. The number of carbonyl (C=O) groups excluding carboxylic acids is 1. The smallest absolute Gasteiger partial charge is 0.308 e. The Balaban J connectivity index is 1.66. The molecule has 2 atom stereocenters. The molecule has 1 saturated heterocycles. The molecule has 1 N–H and O–H groups in total. The Morgan fingerprint density at radius 3 is 2.52 bits per heavy atom. The molecule has 2 aromatic rings. The number of non-ortho nitro benzene ring substituents is 1. The van der Waals surface area contributed by atoms with E-state index in [0.717, 1.165) is 5.56 Å². The highest BCUT2D eigenvalue weighted by molar-refractivity contribution is 5.80. The van der Waals surface area contributed by atoms with Gasteiger partial charge in [-0.05, 0) is 17.5 Å². The van der Waals surface area contributed by atoms with Crippen molar-refractivity contribution >= 4 is 17.6 Å². The van der Waals surface area contributed by atoms with Crippen molar-refractivity contribution < 1.29 is 19.6 Å². The van der Waals surface area contributed by atoms with Crippen LogP contribution >= 0.6 is 0 Å². The Hall–Kier alpha value is -3.22. The van der Waals surface area contributed by atoms with Crippen LogP contribution in [0.1, 0.15) is 23.5 Å². The van der Waals surface area contributed by atoms with Crippen molar-refractivity contribution in [2.45, 2.75) is 18.8 Å². The first-order chi connectivity index (χ1) is 13.0. The molecule has 1 aliphatic rings. The molecule has 7 nitrogen and oxygen atoms in total. The fourth-order valence-corrected chi connectivity index (χ4v) is 3.53. The molecular formula is C20H20N2O5. The molecule has 1 aliphatic heterocycles. The monoisotopic (exact) mass is 368 g/mol. The third-order valence-electron chi connectivity index (χ3n) is 4.97. The summed E-state index contributed by atoms with van der Waals surface area (Å²) in [5, 5.41) is 20.4. The van der Waals surface area contributed by atoms with Crippen LogP contribution in [0.5, 0.6) is 0 Å². The fourth-order valence-electron chi connectivity index (χ4n) is 3.53. The molecule has 0 radical (unpaired) electrons. The first-order valence-electron chi connectivity index (χ1n) is 8.74. The van der Waals surface area contributed by atoms with Crippen molar-refractivity contribution in [3.63, 3.8) is 0 Å². The SMILES string of the molecule is O=C(O)[C@@H]1CN(C(=O)CCc2cccc([N+](=O)[O-])c2)C[C@@H]1c1ccccc1. The van der Waals surface area contributed by atoms with Crippen molar-refractivity contribution in [1.82, 2.24) is 4.90 Å². The molecule has 1 heterocycles. The maximum atomic E-state index is 12.6. The minimum absolute atomic E-state index is 0.00351. The van der Waals surface area contributed by atoms with Gasteiger partial charge in [-0.25, -0.2) is 0 Å². The van der Waals surface area contributed by atoms with Gasteiger partial charge in [0.1, 0.15) is 0 Å². The van der Waals surface area contributed by atoms with Crippen molar-refractivity contribution in [1.29, 1.82) is 0 Å². The zero-order valence-corrected chi connectivity index (χ0v) is 14.7.